The summed E-state index contributed by atoms with van der Waals surface area (Å²) < 4.78 is 32.5. The molecule has 5 heteroatoms. The van der Waals surface area contributed by atoms with Crippen LogP contribution in [0.4, 0.5) is 0 Å². The van der Waals surface area contributed by atoms with Crippen LogP contribution in [0.5, 0.6) is 0 Å². The van der Waals surface area contributed by atoms with Gasteiger partial charge in [-0.05, 0) is 104 Å². The highest BCUT2D eigenvalue weighted by Crippen LogP contribution is 2.68. The lowest BCUT2D eigenvalue weighted by Crippen LogP contribution is -2.53. The van der Waals surface area contributed by atoms with E-state index in [1.165, 1.54) is 64.0 Å². The summed E-state index contributed by atoms with van der Waals surface area (Å²) in [4.78, 5) is 12.3. The van der Waals surface area contributed by atoms with Crippen LogP contribution < -0.4 is 5.32 Å². The van der Waals surface area contributed by atoms with Gasteiger partial charge in [-0.1, -0.05) is 33.6 Å². The maximum atomic E-state index is 12.3. The second kappa shape index (κ2) is 9.23. The molecule has 184 valence electrons. The van der Waals surface area contributed by atoms with Crippen molar-refractivity contribution in [2.24, 2.45) is 46.3 Å². The first-order chi connectivity index (χ1) is 15.4. The molecule has 0 spiro atoms. The highest BCUT2D eigenvalue weighted by atomic mass is 32.2. The maximum Gasteiger partial charge on any atom is 0.220 e. The standard InChI is InChI=1S/C27H47NO3S/c1-19(8-13-25(29)28-17-18-32(4,30)31)22-11-12-23-21-10-9-20-7-5-6-15-26(20,2)24(21)14-16-27(22,23)3/h19-24H,5-18H2,1-4H3,(H,28,29)/t19?,20-,21-,22?,23?,24-,26-,27+/m0/s1/i21D. The van der Waals surface area contributed by atoms with Crippen molar-refractivity contribution in [3.63, 3.8) is 0 Å². The summed E-state index contributed by atoms with van der Waals surface area (Å²) in [6.07, 6.45) is 15.2. The zero-order valence-electron chi connectivity index (χ0n) is 21.9. The van der Waals surface area contributed by atoms with E-state index in [0.29, 0.717) is 35.5 Å². The van der Waals surface area contributed by atoms with Crippen molar-refractivity contribution in [3.8, 4) is 0 Å². The third kappa shape index (κ3) is 4.66. The quantitative estimate of drug-likeness (QED) is 0.530. The Hall–Kier alpha value is -0.580. The molecule has 32 heavy (non-hydrogen) atoms. The molecule has 4 saturated carbocycles. The first-order valence-corrected chi connectivity index (χ1v) is 15.4. The molecule has 8 atom stereocenters. The summed E-state index contributed by atoms with van der Waals surface area (Å²) in [5.74, 6) is 2.67. The number of carbonyl (C=O) groups excluding carboxylic acids is 1. The summed E-state index contributed by atoms with van der Waals surface area (Å²) in [5, 5.41) is 2.78. The molecule has 3 unspecified atom stereocenters. The number of fused-ring (bicyclic) bond motifs is 5. The lowest BCUT2D eigenvalue weighted by Gasteiger charge is -2.61. The molecule has 0 aliphatic heterocycles. The van der Waals surface area contributed by atoms with Gasteiger partial charge in [0.2, 0.25) is 5.91 Å². The highest BCUT2D eigenvalue weighted by molar-refractivity contribution is 7.90. The zero-order valence-corrected chi connectivity index (χ0v) is 21.7. The molecule has 1 amide bonds. The van der Waals surface area contributed by atoms with Crippen molar-refractivity contribution in [2.75, 3.05) is 18.6 Å². The molecule has 4 nitrogen and oxygen atoms in total. The minimum Gasteiger partial charge on any atom is -0.355 e. The molecule has 4 aliphatic rings. The number of amides is 1. The van der Waals surface area contributed by atoms with Crippen molar-refractivity contribution >= 4 is 15.7 Å². The van der Waals surface area contributed by atoms with Gasteiger partial charge in [0, 0.05) is 20.6 Å². The second-order valence-corrected chi connectivity index (χ2v) is 14.7. The molecule has 0 heterocycles. The Balaban J connectivity index is 1.39. The summed E-state index contributed by atoms with van der Waals surface area (Å²) in [6, 6.07) is 0. The first kappa shape index (κ1) is 23.2. The van der Waals surface area contributed by atoms with Crippen molar-refractivity contribution < 1.29 is 14.6 Å². The SMILES string of the molecule is [2H][C@@]12CC[C@@H]3CCCC[C@]3(C)[C@H]1CC[C@]1(C)C(C(C)CCC(=O)NCCS(C)(=O)=O)CCC12. The molecule has 0 aromatic rings. The Kier molecular flexibility index (Phi) is 6.68. The third-order valence-electron chi connectivity index (χ3n) is 10.6. The largest absolute Gasteiger partial charge is 0.355 e. The van der Waals surface area contributed by atoms with Crippen molar-refractivity contribution in [2.45, 2.75) is 97.8 Å². The Morgan fingerprint density at radius 2 is 1.78 bits per heavy atom. The van der Waals surface area contributed by atoms with Crippen LogP contribution in [0.2, 0.25) is 0 Å². The van der Waals surface area contributed by atoms with Gasteiger partial charge in [-0.3, -0.25) is 4.79 Å². The van der Waals surface area contributed by atoms with E-state index in [-0.39, 0.29) is 29.5 Å². The van der Waals surface area contributed by atoms with E-state index in [1.54, 1.807) is 0 Å². The lowest BCUT2D eigenvalue weighted by molar-refractivity contribution is -0.122. The van der Waals surface area contributed by atoms with Crippen molar-refractivity contribution in [3.05, 3.63) is 0 Å². The van der Waals surface area contributed by atoms with Crippen LogP contribution >= 0.6 is 0 Å². The predicted octanol–water partition coefficient (Wildman–Crippen LogP) is 5.61. The minimum absolute atomic E-state index is 0.00317. The minimum atomic E-state index is -3.05. The molecule has 0 aromatic carbocycles. The second-order valence-electron chi connectivity index (χ2n) is 12.4. The zero-order chi connectivity index (χ0) is 24.1. The first-order valence-electron chi connectivity index (χ1n) is 13.8. The average molecular weight is 467 g/mol. The van der Waals surface area contributed by atoms with Crippen LogP contribution in [0.15, 0.2) is 0 Å². The van der Waals surface area contributed by atoms with Crippen molar-refractivity contribution in [1.82, 2.24) is 5.32 Å². The summed E-state index contributed by atoms with van der Waals surface area (Å²) >= 11 is 0. The number of nitrogens with one attached hydrogen (secondary N) is 1. The van der Waals surface area contributed by atoms with Gasteiger partial charge in [0.05, 0.1) is 5.75 Å². The third-order valence-corrected chi connectivity index (χ3v) is 11.6. The van der Waals surface area contributed by atoms with Crippen LogP contribution in [0.25, 0.3) is 0 Å². The Morgan fingerprint density at radius 1 is 1.03 bits per heavy atom. The monoisotopic (exact) mass is 466 g/mol. The van der Waals surface area contributed by atoms with Gasteiger partial charge < -0.3 is 5.32 Å². The molecular formula is C27H47NO3S. The fourth-order valence-electron chi connectivity index (χ4n) is 8.88. The Morgan fingerprint density at radius 3 is 2.53 bits per heavy atom. The van der Waals surface area contributed by atoms with Crippen LogP contribution in [0, 0.1) is 46.3 Å². The van der Waals surface area contributed by atoms with E-state index in [4.69, 9.17) is 0 Å². The lowest BCUT2D eigenvalue weighted by atomic mass is 9.44. The molecule has 4 rings (SSSR count). The summed E-state index contributed by atoms with van der Waals surface area (Å²) in [5.41, 5.74) is 0.607. The average Bonchev–Trinajstić information content (AvgIpc) is 3.09. The normalized spacial score (nSPS) is 45.2. The fourth-order valence-corrected chi connectivity index (χ4v) is 9.35. The predicted molar refractivity (Wildman–Crippen MR) is 131 cm³/mol. The van der Waals surface area contributed by atoms with Crippen LogP contribution in [-0.2, 0) is 14.6 Å². The summed E-state index contributed by atoms with van der Waals surface area (Å²) in [7, 11) is -3.05. The van der Waals surface area contributed by atoms with Gasteiger partial charge in [-0.15, -0.1) is 0 Å². The highest BCUT2D eigenvalue weighted by Gasteiger charge is 2.60. The van der Waals surface area contributed by atoms with Crippen LogP contribution in [0.3, 0.4) is 0 Å². The maximum absolute atomic E-state index is 12.3. The number of rotatable bonds is 7. The molecule has 4 fully saturated rings. The van der Waals surface area contributed by atoms with Crippen LogP contribution in [0.1, 0.15) is 99.2 Å². The van der Waals surface area contributed by atoms with E-state index >= 15 is 0 Å². The molecular weight excluding hydrogens is 418 g/mol. The van der Waals surface area contributed by atoms with Gasteiger partial charge in [0.25, 0.3) is 0 Å². The van der Waals surface area contributed by atoms with E-state index in [0.717, 1.165) is 18.8 Å². The smallest absolute Gasteiger partial charge is 0.220 e. The Bertz CT molecular complexity index is 846. The van der Waals surface area contributed by atoms with Crippen molar-refractivity contribution in [1.29, 1.82) is 0 Å². The van der Waals surface area contributed by atoms with Gasteiger partial charge in [0.15, 0.2) is 0 Å². The van der Waals surface area contributed by atoms with Gasteiger partial charge in [-0.25, -0.2) is 8.42 Å². The van der Waals surface area contributed by atoms with Crippen LogP contribution in [-0.4, -0.2) is 32.9 Å². The van der Waals surface area contributed by atoms with Gasteiger partial charge in [-0.2, -0.15) is 0 Å². The molecule has 0 saturated heterocycles. The molecule has 1 N–H and O–H groups in total. The Labute approximate surface area is 198 Å². The summed E-state index contributed by atoms with van der Waals surface area (Å²) in [6.45, 7) is 7.55. The van der Waals surface area contributed by atoms with E-state index in [1.807, 2.05) is 0 Å². The van der Waals surface area contributed by atoms with Gasteiger partial charge in [0.1, 0.15) is 9.84 Å². The molecule has 0 radical (unpaired) electrons. The number of hydrogen-bond acceptors (Lipinski definition) is 3. The number of carbonyl (C=O) groups is 1. The molecule has 4 aliphatic carbocycles. The van der Waals surface area contributed by atoms with E-state index in [9.17, 15) is 14.6 Å². The number of sulfone groups is 1. The molecule has 0 aromatic heterocycles. The molecule has 0 bridgehead atoms. The fraction of sp³-hybridized carbons (Fsp3) is 0.963. The van der Waals surface area contributed by atoms with E-state index < -0.39 is 9.84 Å². The number of hydrogen-bond donors (Lipinski definition) is 1. The topological polar surface area (TPSA) is 63.2 Å². The van der Waals surface area contributed by atoms with E-state index in [2.05, 4.69) is 26.1 Å². The van der Waals surface area contributed by atoms with Gasteiger partial charge >= 0.3 is 0 Å².